The summed E-state index contributed by atoms with van der Waals surface area (Å²) in [6.07, 6.45) is 6.29. The lowest BCUT2D eigenvalue weighted by molar-refractivity contribution is 0.102. The number of halogens is 1. The fourth-order valence-electron chi connectivity index (χ4n) is 3.60. The van der Waals surface area contributed by atoms with Crippen molar-refractivity contribution >= 4 is 24.0 Å². The molecule has 3 aromatic rings. The van der Waals surface area contributed by atoms with Gasteiger partial charge in [-0.1, -0.05) is 12.1 Å². The van der Waals surface area contributed by atoms with E-state index in [4.69, 9.17) is 0 Å². The predicted octanol–water partition coefficient (Wildman–Crippen LogP) is 2.47. The van der Waals surface area contributed by atoms with Gasteiger partial charge in [0.25, 0.3) is 5.91 Å². The number of aromatic nitrogens is 6. The van der Waals surface area contributed by atoms with Crippen LogP contribution < -0.4 is 10.6 Å². The molecule has 1 aliphatic carbocycles. The van der Waals surface area contributed by atoms with E-state index in [1.165, 1.54) is 0 Å². The molecule has 9 nitrogen and oxygen atoms in total. The van der Waals surface area contributed by atoms with Gasteiger partial charge in [-0.2, -0.15) is 5.10 Å². The number of rotatable bonds is 5. The van der Waals surface area contributed by atoms with E-state index in [0.29, 0.717) is 23.5 Å². The molecule has 2 fully saturated rings. The van der Waals surface area contributed by atoms with Crippen molar-refractivity contribution in [1.29, 1.82) is 0 Å². The highest BCUT2D eigenvalue weighted by atomic mass is 35.5. The minimum atomic E-state index is -0.221. The summed E-state index contributed by atoms with van der Waals surface area (Å²) < 4.78 is 3.75. The third kappa shape index (κ3) is 4.15. The zero-order valence-corrected chi connectivity index (χ0v) is 16.7. The van der Waals surface area contributed by atoms with Gasteiger partial charge in [-0.25, -0.2) is 4.68 Å². The molecule has 1 saturated heterocycles. The second-order valence-corrected chi connectivity index (χ2v) is 7.39. The van der Waals surface area contributed by atoms with Crippen LogP contribution in [0.2, 0.25) is 0 Å². The van der Waals surface area contributed by atoms with Crippen molar-refractivity contribution in [1.82, 2.24) is 35.3 Å². The summed E-state index contributed by atoms with van der Waals surface area (Å²) in [5, 5.41) is 22.8. The van der Waals surface area contributed by atoms with Gasteiger partial charge >= 0.3 is 0 Å². The Hall–Kier alpha value is -2.78. The molecule has 0 bridgehead atoms. The van der Waals surface area contributed by atoms with Crippen LogP contribution in [0.1, 0.15) is 48.3 Å². The van der Waals surface area contributed by atoms with E-state index < -0.39 is 0 Å². The number of piperidine rings is 1. The molecule has 0 spiro atoms. The van der Waals surface area contributed by atoms with Crippen molar-refractivity contribution in [3.8, 4) is 11.4 Å². The minimum absolute atomic E-state index is 0. The quantitative estimate of drug-likeness (QED) is 0.664. The van der Waals surface area contributed by atoms with Crippen molar-refractivity contribution in [2.24, 2.45) is 0 Å². The summed E-state index contributed by atoms with van der Waals surface area (Å²) in [6.45, 7) is 1.94. The molecule has 1 aliphatic heterocycles. The molecule has 152 valence electrons. The van der Waals surface area contributed by atoms with Crippen LogP contribution in [0.5, 0.6) is 0 Å². The maximum Gasteiger partial charge on any atom is 0.276 e. The Bertz CT molecular complexity index is 990. The Kier molecular flexibility index (Phi) is 5.59. The number of carbonyl (C=O) groups excluding carboxylic acids is 1. The molecule has 2 N–H and O–H groups in total. The topological polar surface area (TPSA) is 103 Å². The number of amides is 1. The van der Waals surface area contributed by atoms with Crippen LogP contribution in [-0.2, 0) is 0 Å². The highest BCUT2D eigenvalue weighted by molar-refractivity contribution is 6.03. The van der Waals surface area contributed by atoms with Gasteiger partial charge in [0, 0.05) is 24.0 Å². The fourth-order valence-corrected chi connectivity index (χ4v) is 3.60. The van der Waals surface area contributed by atoms with Crippen LogP contribution in [0.25, 0.3) is 11.4 Å². The summed E-state index contributed by atoms with van der Waals surface area (Å²) in [5.41, 5.74) is 1.99. The number of carbonyl (C=O) groups is 1. The third-order valence-corrected chi connectivity index (χ3v) is 5.25. The Morgan fingerprint density at radius 2 is 2.07 bits per heavy atom. The average Bonchev–Trinajstić information content (AvgIpc) is 3.26. The van der Waals surface area contributed by atoms with Crippen LogP contribution in [0.3, 0.4) is 0 Å². The van der Waals surface area contributed by atoms with Crippen LogP contribution in [-0.4, -0.2) is 49.0 Å². The monoisotopic (exact) mass is 414 g/mol. The molecule has 29 heavy (non-hydrogen) atoms. The third-order valence-electron chi connectivity index (χ3n) is 5.25. The molecule has 0 radical (unpaired) electrons. The summed E-state index contributed by atoms with van der Waals surface area (Å²) in [4.78, 5) is 12.6. The smallest absolute Gasteiger partial charge is 0.276 e. The van der Waals surface area contributed by atoms with Crippen LogP contribution >= 0.6 is 12.4 Å². The molecular weight excluding hydrogens is 392 g/mol. The van der Waals surface area contributed by atoms with Gasteiger partial charge in [0.2, 0.25) is 0 Å². The molecule has 10 heteroatoms. The Balaban J connectivity index is 0.00000205. The molecule has 2 aromatic heterocycles. The second-order valence-electron chi connectivity index (χ2n) is 7.39. The van der Waals surface area contributed by atoms with E-state index in [9.17, 15) is 4.79 Å². The number of hydrogen-bond acceptors (Lipinski definition) is 6. The first kappa shape index (κ1) is 19.5. The molecule has 1 unspecified atom stereocenters. The number of anilines is 1. The lowest BCUT2D eigenvalue weighted by Gasteiger charge is -2.22. The van der Waals surface area contributed by atoms with Gasteiger partial charge in [0.05, 0.1) is 12.1 Å². The van der Waals surface area contributed by atoms with Crippen molar-refractivity contribution < 1.29 is 4.79 Å². The maximum atomic E-state index is 12.6. The van der Waals surface area contributed by atoms with Gasteiger partial charge < -0.3 is 10.6 Å². The first-order chi connectivity index (χ1) is 13.8. The summed E-state index contributed by atoms with van der Waals surface area (Å²) in [6, 6.07) is 10.1. The molecular formula is C19H23ClN8O. The SMILES string of the molecule is Cl.O=C(Nc1cccc(-c2nnnn2C2CC2)c1)c1ccn(C2CCCNC2)n1. The highest BCUT2D eigenvalue weighted by Crippen LogP contribution is 2.36. The normalized spacial score (nSPS) is 18.8. The Morgan fingerprint density at radius 1 is 1.17 bits per heavy atom. The maximum absolute atomic E-state index is 12.6. The van der Waals surface area contributed by atoms with Crippen molar-refractivity contribution in [2.75, 3.05) is 18.4 Å². The highest BCUT2D eigenvalue weighted by Gasteiger charge is 2.28. The largest absolute Gasteiger partial charge is 0.321 e. The predicted molar refractivity (Wildman–Crippen MR) is 110 cm³/mol. The number of nitrogens with one attached hydrogen (secondary N) is 2. The first-order valence-corrected chi connectivity index (χ1v) is 9.73. The van der Waals surface area contributed by atoms with Crippen molar-refractivity contribution in [3.05, 3.63) is 42.2 Å². The minimum Gasteiger partial charge on any atom is -0.321 e. The van der Waals surface area contributed by atoms with Gasteiger partial charge in [-0.05, 0) is 60.9 Å². The molecule has 1 saturated carbocycles. The van der Waals surface area contributed by atoms with Gasteiger partial charge in [0.1, 0.15) is 0 Å². The van der Waals surface area contributed by atoms with Crippen molar-refractivity contribution in [2.45, 2.75) is 37.8 Å². The molecule has 1 aromatic carbocycles. The van der Waals surface area contributed by atoms with Crippen LogP contribution in [0, 0.1) is 0 Å². The zero-order chi connectivity index (χ0) is 18.9. The van der Waals surface area contributed by atoms with E-state index in [-0.39, 0.29) is 18.3 Å². The van der Waals surface area contributed by atoms with E-state index in [1.807, 2.05) is 39.8 Å². The van der Waals surface area contributed by atoms with E-state index in [2.05, 4.69) is 31.3 Å². The van der Waals surface area contributed by atoms with Gasteiger partial charge in [-0.3, -0.25) is 9.48 Å². The summed E-state index contributed by atoms with van der Waals surface area (Å²) in [7, 11) is 0. The van der Waals surface area contributed by atoms with E-state index >= 15 is 0 Å². The second kappa shape index (κ2) is 8.30. The fraction of sp³-hybridized carbons (Fsp3) is 0.421. The van der Waals surface area contributed by atoms with Crippen LogP contribution in [0.4, 0.5) is 5.69 Å². The molecule has 1 amide bonds. The van der Waals surface area contributed by atoms with E-state index in [0.717, 1.165) is 50.2 Å². The number of benzene rings is 1. The van der Waals surface area contributed by atoms with Crippen molar-refractivity contribution in [3.63, 3.8) is 0 Å². The first-order valence-electron chi connectivity index (χ1n) is 9.73. The lowest BCUT2D eigenvalue weighted by Crippen LogP contribution is -2.32. The lowest BCUT2D eigenvalue weighted by atomic mass is 10.1. The zero-order valence-electron chi connectivity index (χ0n) is 15.9. The van der Waals surface area contributed by atoms with E-state index in [1.54, 1.807) is 6.07 Å². The molecule has 1 atom stereocenters. The summed E-state index contributed by atoms with van der Waals surface area (Å²) >= 11 is 0. The Labute approximate surface area is 174 Å². The molecule has 5 rings (SSSR count). The Morgan fingerprint density at radius 3 is 2.86 bits per heavy atom. The number of hydrogen-bond donors (Lipinski definition) is 2. The average molecular weight is 415 g/mol. The molecule has 3 heterocycles. The number of nitrogens with zero attached hydrogens (tertiary/aromatic N) is 6. The van der Waals surface area contributed by atoms with Gasteiger partial charge in [-0.15, -0.1) is 17.5 Å². The summed E-state index contributed by atoms with van der Waals surface area (Å²) in [5.74, 6) is 0.508. The molecule has 2 aliphatic rings. The standard InChI is InChI=1S/C19H22N8O.ClH/c28-19(17-8-10-26(23-17)16-5-2-9-20-12-16)21-14-4-1-3-13(11-14)18-22-24-25-27(18)15-6-7-15;/h1,3-4,8,10-11,15-16,20H,2,5-7,9,12H2,(H,21,28);1H. The van der Waals surface area contributed by atoms with Gasteiger partial charge in [0.15, 0.2) is 11.5 Å². The number of tetrazole rings is 1. The van der Waals surface area contributed by atoms with Crippen LogP contribution in [0.15, 0.2) is 36.5 Å².